The molecule has 0 bridgehead atoms. The van der Waals surface area contributed by atoms with E-state index in [2.05, 4.69) is 108 Å². The lowest BCUT2D eigenvalue weighted by Gasteiger charge is -2.38. The van der Waals surface area contributed by atoms with Crippen molar-refractivity contribution in [2.45, 2.75) is 32.2 Å². The molecule has 3 nitrogen and oxygen atoms in total. The molecule has 3 unspecified atom stereocenters. The van der Waals surface area contributed by atoms with Crippen molar-refractivity contribution in [3.63, 3.8) is 0 Å². The Morgan fingerprint density at radius 2 is 1.68 bits per heavy atom. The average Bonchev–Trinajstić information content (AvgIpc) is 3.31. The van der Waals surface area contributed by atoms with Crippen molar-refractivity contribution in [1.29, 1.82) is 0 Å². The van der Waals surface area contributed by atoms with Crippen LogP contribution in [0.25, 0.3) is 0 Å². The first-order valence-electron chi connectivity index (χ1n) is 11.5. The quantitative estimate of drug-likeness (QED) is 0.425. The van der Waals surface area contributed by atoms with Crippen molar-refractivity contribution in [2.24, 2.45) is 5.92 Å². The highest BCUT2D eigenvalue weighted by Gasteiger charge is 2.37. The fourth-order valence-electron chi connectivity index (χ4n) is 5.17. The Balaban J connectivity index is 1.42. The van der Waals surface area contributed by atoms with Crippen LogP contribution in [0.2, 0.25) is 0 Å². The molecule has 0 amide bonds. The summed E-state index contributed by atoms with van der Waals surface area (Å²) in [5.74, 6) is 1.01. The van der Waals surface area contributed by atoms with E-state index < -0.39 is 0 Å². The number of nitrogens with zero attached hydrogens (tertiary/aromatic N) is 1. The first kappa shape index (κ1) is 19.7. The number of para-hydroxylation sites is 1. The average molecular weight is 410 g/mol. The summed E-state index contributed by atoms with van der Waals surface area (Å²) < 4.78 is 0. The molecule has 2 aliphatic rings. The van der Waals surface area contributed by atoms with E-state index in [9.17, 15) is 0 Å². The molecule has 158 valence electrons. The molecule has 1 aliphatic heterocycles. The molecule has 2 N–H and O–H groups in total. The SMILES string of the molecule is CCN(CC)c1ccc(C2Nc3ccc(Nc4ccccc4)cc3C3C=CCC32)cc1. The summed E-state index contributed by atoms with van der Waals surface area (Å²) in [5, 5.41) is 7.42. The highest BCUT2D eigenvalue weighted by atomic mass is 15.1. The lowest BCUT2D eigenvalue weighted by molar-refractivity contribution is 0.425. The fraction of sp³-hybridized carbons (Fsp3) is 0.286. The summed E-state index contributed by atoms with van der Waals surface area (Å²) in [5.41, 5.74) is 7.61. The number of nitrogens with one attached hydrogen (secondary N) is 2. The number of benzene rings is 3. The summed E-state index contributed by atoms with van der Waals surface area (Å²) in [6, 6.07) is 26.7. The second kappa shape index (κ2) is 8.50. The van der Waals surface area contributed by atoms with Crippen LogP contribution in [0.4, 0.5) is 22.7 Å². The van der Waals surface area contributed by atoms with Crippen LogP contribution >= 0.6 is 0 Å². The molecule has 1 heterocycles. The van der Waals surface area contributed by atoms with E-state index in [0.717, 1.165) is 30.9 Å². The van der Waals surface area contributed by atoms with Crippen molar-refractivity contribution in [1.82, 2.24) is 0 Å². The van der Waals surface area contributed by atoms with Gasteiger partial charge in [0.15, 0.2) is 0 Å². The monoisotopic (exact) mass is 409 g/mol. The molecule has 3 aromatic rings. The van der Waals surface area contributed by atoms with E-state index in [1.165, 1.54) is 22.5 Å². The fourth-order valence-corrected chi connectivity index (χ4v) is 5.17. The number of allylic oxidation sites excluding steroid dienone is 2. The van der Waals surface area contributed by atoms with Crippen molar-refractivity contribution in [3.8, 4) is 0 Å². The third-order valence-corrected chi connectivity index (χ3v) is 6.81. The van der Waals surface area contributed by atoms with Gasteiger partial charge in [-0.3, -0.25) is 0 Å². The van der Waals surface area contributed by atoms with Gasteiger partial charge in [0.2, 0.25) is 0 Å². The molecule has 0 spiro atoms. The molecule has 0 saturated heterocycles. The zero-order valence-electron chi connectivity index (χ0n) is 18.4. The second-order valence-electron chi connectivity index (χ2n) is 8.53. The number of anilines is 4. The van der Waals surface area contributed by atoms with Crippen LogP contribution < -0.4 is 15.5 Å². The first-order chi connectivity index (χ1) is 15.3. The Morgan fingerprint density at radius 3 is 2.42 bits per heavy atom. The molecule has 5 rings (SSSR count). The predicted molar refractivity (Wildman–Crippen MR) is 133 cm³/mol. The van der Waals surface area contributed by atoms with E-state index in [0.29, 0.717) is 17.9 Å². The molecule has 3 atom stereocenters. The van der Waals surface area contributed by atoms with E-state index in [-0.39, 0.29) is 0 Å². The van der Waals surface area contributed by atoms with E-state index in [4.69, 9.17) is 0 Å². The summed E-state index contributed by atoms with van der Waals surface area (Å²) in [7, 11) is 0. The standard InChI is InChI=1S/C28H31N3/c1-3-31(4-2)23-16-13-20(14-17-23)28-25-12-8-11-24(25)26-19-22(15-18-27(26)30-28)29-21-9-6-5-7-10-21/h5-11,13-19,24-25,28-30H,3-4,12H2,1-2H3. The Bertz CT molecular complexity index is 1050. The summed E-state index contributed by atoms with van der Waals surface area (Å²) >= 11 is 0. The molecule has 31 heavy (non-hydrogen) atoms. The Hall–Kier alpha value is -3.20. The Kier molecular flexibility index (Phi) is 5.42. The molecule has 0 fully saturated rings. The first-order valence-corrected chi connectivity index (χ1v) is 11.5. The number of hydrogen-bond donors (Lipinski definition) is 2. The van der Waals surface area contributed by atoms with Crippen molar-refractivity contribution < 1.29 is 0 Å². The van der Waals surface area contributed by atoms with Gasteiger partial charge in [-0.25, -0.2) is 0 Å². The topological polar surface area (TPSA) is 27.3 Å². The van der Waals surface area contributed by atoms with Crippen LogP contribution in [0.1, 0.15) is 43.4 Å². The minimum Gasteiger partial charge on any atom is -0.378 e. The summed E-state index contributed by atoms with van der Waals surface area (Å²) in [6.45, 7) is 6.51. The van der Waals surface area contributed by atoms with Crippen LogP contribution in [0, 0.1) is 5.92 Å². The normalized spacial score (nSPS) is 21.2. The largest absolute Gasteiger partial charge is 0.378 e. The maximum Gasteiger partial charge on any atom is 0.0553 e. The minimum atomic E-state index is 0.339. The highest BCUT2D eigenvalue weighted by molar-refractivity contribution is 5.69. The molecule has 3 heteroatoms. The lowest BCUT2D eigenvalue weighted by atomic mass is 9.77. The van der Waals surface area contributed by atoms with E-state index in [1.54, 1.807) is 0 Å². The lowest BCUT2D eigenvalue weighted by Crippen LogP contribution is -2.29. The van der Waals surface area contributed by atoms with Crippen LogP contribution in [-0.4, -0.2) is 13.1 Å². The molecular formula is C28H31N3. The van der Waals surface area contributed by atoms with Crippen molar-refractivity contribution in [2.75, 3.05) is 28.6 Å². The molecule has 1 aliphatic carbocycles. The molecular weight excluding hydrogens is 378 g/mol. The van der Waals surface area contributed by atoms with Gasteiger partial charge in [-0.05, 0) is 79.8 Å². The number of rotatable bonds is 6. The van der Waals surface area contributed by atoms with Gasteiger partial charge in [0.1, 0.15) is 0 Å². The van der Waals surface area contributed by atoms with Crippen LogP contribution in [0.3, 0.4) is 0 Å². The number of fused-ring (bicyclic) bond motifs is 3. The van der Waals surface area contributed by atoms with Crippen molar-refractivity contribution in [3.05, 3.63) is 96.1 Å². The zero-order chi connectivity index (χ0) is 21.2. The zero-order valence-corrected chi connectivity index (χ0v) is 18.4. The Morgan fingerprint density at radius 1 is 0.903 bits per heavy atom. The van der Waals surface area contributed by atoms with Gasteiger partial charge in [-0.15, -0.1) is 0 Å². The van der Waals surface area contributed by atoms with Gasteiger partial charge in [0.05, 0.1) is 6.04 Å². The van der Waals surface area contributed by atoms with Crippen LogP contribution in [0.15, 0.2) is 84.9 Å². The molecule has 0 saturated carbocycles. The van der Waals surface area contributed by atoms with Crippen LogP contribution in [0.5, 0.6) is 0 Å². The summed E-state index contributed by atoms with van der Waals surface area (Å²) in [6.07, 6.45) is 5.89. The van der Waals surface area contributed by atoms with Gasteiger partial charge in [-0.2, -0.15) is 0 Å². The molecule has 0 radical (unpaired) electrons. The van der Waals surface area contributed by atoms with E-state index in [1.807, 2.05) is 6.07 Å². The highest BCUT2D eigenvalue weighted by Crippen LogP contribution is 2.50. The third kappa shape index (κ3) is 3.81. The molecule has 0 aromatic heterocycles. The predicted octanol–water partition coefficient (Wildman–Crippen LogP) is 7.10. The Labute approximate surface area is 185 Å². The smallest absolute Gasteiger partial charge is 0.0553 e. The van der Waals surface area contributed by atoms with E-state index >= 15 is 0 Å². The van der Waals surface area contributed by atoms with Crippen molar-refractivity contribution >= 4 is 22.7 Å². The van der Waals surface area contributed by atoms with Gasteiger partial charge >= 0.3 is 0 Å². The minimum absolute atomic E-state index is 0.339. The van der Waals surface area contributed by atoms with Gasteiger partial charge in [0.25, 0.3) is 0 Å². The van der Waals surface area contributed by atoms with Gasteiger partial charge in [0, 0.05) is 41.8 Å². The van der Waals surface area contributed by atoms with Gasteiger partial charge < -0.3 is 15.5 Å². The molecule has 3 aromatic carbocycles. The maximum atomic E-state index is 3.87. The van der Waals surface area contributed by atoms with Gasteiger partial charge in [-0.1, -0.05) is 42.5 Å². The van der Waals surface area contributed by atoms with Crippen LogP contribution in [-0.2, 0) is 0 Å². The summed E-state index contributed by atoms with van der Waals surface area (Å²) in [4.78, 5) is 2.40. The maximum absolute atomic E-state index is 3.87. The number of hydrogen-bond acceptors (Lipinski definition) is 3. The second-order valence-corrected chi connectivity index (χ2v) is 8.53. The third-order valence-electron chi connectivity index (χ3n) is 6.81.